The predicted molar refractivity (Wildman–Crippen MR) is 71.4 cm³/mol. The molecule has 1 unspecified atom stereocenters. The molecule has 1 N–H and O–H groups in total. The van der Waals surface area contributed by atoms with Crippen LogP contribution in [0.4, 0.5) is 0 Å². The maximum atomic E-state index is 4.48. The number of rotatable bonds is 6. The average Bonchev–Trinajstić information content (AvgIpc) is 2.55. The first-order valence-electron chi connectivity index (χ1n) is 6.01. The van der Waals surface area contributed by atoms with E-state index in [1.165, 1.54) is 12.1 Å². The van der Waals surface area contributed by atoms with Crippen LogP contribution in [0.3, 0.4) is 0 Å². The molecule has 0 spiro atoms. The normalized spacial score (nSPS) is 13.1. The van der Waals surface area contributed by atoms with Gasteiger partial charge in [0.15, 0.2) is 0 Å². The fourth-order valence-electron chi connectivity index (χ4n) is 1.59. The third-order valence-corrected chi connectivity index (χ3v) is 3.90. The molecule has 0 amide bonds. The van der Waals surface area contributed by atoms with Gasteiger partial charge in [0.1, 0.15) is 0 Å². The van der Waals surface area contributed by atoms with E-state index in [0.29, 0.717) is 0 Å². The zero-order chi connectivity index (χ0) is 12.1. The third-order valence-electron chi connectivity index (χ3n) is 2.99. The summed E-state index contributed by atoms with van der Waals surface area (Å²) in [4.78, 5) is 0. The van der Waals surface area contributed by atoms with Gasteiger partial charge in [0.05, 0.1) is 15.9 Å². The van der Waals surface area contributed by atoms with Gasteiger partial charge in [-0.05, 0) is 34.8 Å². The zero-order valence-electron chi connectivity index (χ0n) is 10.7. The molecule has 0 aliphatic heterocycles. The Labute approximate surface area is 107 Å². The number of halogens is 1. The molecule has 1 heterocycles. The van der Waals surface area contributed by atoms with Crippen LogP contribution >= 0.6 is 15.9 Å². The molecule has 1 aromatic rings. The van der Waals surface area contributed by atoms with Gasteiger partial charge in [-0.15, -0.1) is 0 Å². The molecule has 1 aromatic heterocycles. The lowest BCUT2D eigenvalue weighted by atomic mass is 10.1. The molecule has 4 heteroatoms. The highest BCUT2D eigenvalue weighted by Crippen LogP contribution is 2.21. The summed E-state index contributed by atoms with van der Waals surface area (Å²) in [6.45, 7) is 8.57. The predicted octanol–water partition coefficient (Wildman–Crippen LogP) is 2.88. The fraction of sp³-hybridized carbons (Fsp3) is 0.750. The van der Waals surface area contributed by atoms with Crippen molar-refractivity contribution < 1.29 is 0 Å². The highest BCUT2D eigenvalue weighted by molar-refractivity contribution is 9.10. The molecular formula is C12H22BrN3. The average molecular weight is 288 g/mol. The SMILES string of the molecule is CCc1nn(C)c(CNCC(C)CC)c1Br. The molecule has 1 rings (SSSR count). The second-order valence-electron chi connectivity index (χ2n) is 4.33. The van der Waals surface area contributed by atoms with E-state index in [4.69, 9.17) is 0 Å². The fourth-order valence-corrected chi connectivity index (χ4v) is 2.35. The Morgan fingerprint density at radius 3 is 2.62 bits per heavy atom. The Bertz CT molecular complexity index is 333. The first-order chi connectivity index (χ1) is 7.60. The second kappa shape index (κ2) is 6.40. The summed E-state index contributed by atoms with van der Waals surface area (Å²) in [6, 6.07) is 0. The number of hydrogen-bond acceptors (Lipinski definition) is 2. The van der Waals surface area contributed by atoms with Crippen molar-refractivity contribution in [3.8, 4) is 0 Å². The van der Waals surface area contributed by atoms with Crippen LogP contribution in [-0.4, -0.2) is 16.3 Å². The number of aromatic nitrogens is 2. The summed E-state index contributed by atoms with van der Waals surface area (Å²) in [7, 11) is 2.00. The molecule has 0 bridgehead atoms. The lowest BCUT2D eigenvalue weighted by molar-refractivity contribution is 0.491. The third kappa shape index (κ3) is 3.32. The lowest BCUT2D eigenvalue weighted by Crippen LogP contribution is -2.21. The van der Waals surface area contributed by atoms with Crippen molar-refractivity contribution >= 4 is 15.9 Å². The van der Waals surface area contributed by atoms with E-state index < -0.39 is 0 Å². The number of nitrogens with zero attached hydrogens (tertiary/aromatic N) is 2. The van der Waals surface area contributed by atoms with E-state index in [0.717, 1.165) is 35.6 Å². The molecule has 0 aliphatic carbocycles. The van der Waals surface area contributed by atoms with Crippen LogP contribution < -0.4 is 5.32 Å². The van der Waals surface area contributed by atoms with Gasteiger partial charge >= 0.3 is 0 Å². The molecule has 0 radical (unpaired) electrons. The van der Waals surface area contributed by atoms with Crippen molar-refractivity contribution in [3.05, 3.63) is 15.9 Å². The maximum Gasteiger partial charge on any atom is 0.0767 e. The minimum absolute atomic E-state index is 0.734. The number of hydrogen-bond donors (Lipinski definition) is 1. The zero-order valence-corrected chi connectivity index (χ0v) is 12.3. The van der Waals surface area contributed by atoms with Gasteiger partial charge < -0.3 is 5.32 Å². The summed E-state index contributed by atoms with van der Waals surface area (Å²) in [5.41, 5.74) is 2.38. The van der Waals surface area contributed by atoms with Crippen LogP contribution in [0, 0.1) is 5.92 Å². The number of aryl methyl sites for hydroxylation is 2. The van der Waals surface area contributed by atoms with E-state index in [-0.39, 0.29) is 0 Å². The van der Waals surface area contributed by atoms with Crippen LogP contribution in [-0.2, 0) is 20.0 Å². The van der Waals surface area contributed by atoms with Crippen LogP contribution in [0.1, 0.15) is 38.6 Å². The molecule has 1 atom stereocenters. The van der Waals surface area contributed by atoms with Crippen molar-refractivity contribution in [2.45, 2.75) is 40.2 Å². The Hall–Kier alpha value is -0.350. The van der Waals surface area contributed by atoms with Crippen LogP contribution in [0.5, 0.6) is 0 Å². The van der Waals surface area contributed by atoms with Crippen LogP contribution in [0.15, 0.2) is 4.47 Å². The minimum atomic E-state index is 0.734. The van der Waals surface area contributed by atoms with Crippen LogP contribution in [0.2, 0.25) is 0 Å². The van der Waals surface area contributed by atoms with E-state index in [1.54, 1.807) is 0 Å². The number of nitrogens with one attached hydrogen (secondary N) is 1. The van der Waals surface area contributed by atoms with E-state index in [9.17, 15) is 0 Å². The molecule has 0 saturated carbocycles. The van der Waals surface area contributed by atoms with Gasteiger partial charge in [-0.25, -0.2) is 0 Å². The Morgan fingerprint density at radius 1 is 1.44 bits per heavy atom. The van der Waals surface area contributed by atoms with E-state index in [1.807, 2.05) is 11.7 Å². The van der Waals surface area contributed by atoms with E-state index in [2.05, 4.69) is 47.1 Å². The Morgan fingerprint density at radius 2 is 2.12 bits per heavy atom. The molecule has 3 nitrogen and oxygen atoms in total. The van der Waals surface area contributed by atoms with Crippen molar-refractivity contribution in [3.63, 3.8) is 0 Å². The summed E-state index contributed by atoms with van der Waals surface area (Å²) < 4.78 is 3.13. The lowest BCUT2D eigenvalue weighted by Gasteiger charge is -2.10. The topological polar surface area (TPSA) is 29.9 Å². The van der Waals surface area contributed by atoms with Crippen molar-refractivity contribution in [1.29, 1.82) is 0 Å². The molecule has 0 saturated heterocycles. The minimum Gasteiger partial charge on any atom is -0.311 e. The van der Waals surface area contributed by atoms with Gasteiger partial charge in [-0.3, -0.25) is 4.68 Å². The molecular weight excluding hydrogens is 266 g/mol. The quantitative estimate of drug-likeness (QED) is 0.872. The highest BCUT2D eigenvalue weighted by atomic mass is 79.9. The van der Waals surface area contributed by atoms with Crippen LogP contribution in [0.25, 0.3) is 0 Å². The summed E-state index contributed by atoms with van der Waals surface area (Å²) in [5.74, 6) is 0.734. The van der Waals surface area contributed by atoms with Gasteiger partial charge in [0.2, 0.25) is 0 Å². The van der Waals surface area contributed by atoms with E-state index >= 15 is 0 Å². The van der Waals surface area contributed by atoms with Crippen molar-refractivity contribution in [2.75, 3.05) is 6.54 Å². The summed E-state index contributed by atoms with van der Waals surface area (Å²) in [6.07, 6.45) is 2.19. The standard InChI is InChI=1S/C12H22BrN3/c1-5-9(3)7-14-8-11-12(13)10(6-2)15-16(11)4/h9,14H,5-8H2,1-4H3. The molecule has 0 fully saturated rings. The van der Waals surface area contributed by atoms with Gasteiger partial charge in [-0.1, -0.05) is 27.2 Å². The first-order valence-corrected chi connectivity index (χ1v) is 6.80. The van der Waals surface area contributed by atoms with Gasteiger partial charge in [0.25, 0.3) is 0 Å². The summed E-state index contributed by atoms with van der Waals surface area (Å²) in [5, 5.41) is 7.96. The Balaban J connectivity index is 2.56. The monoisotopic (exact) mass is 287 g/mol. The first kappa shape index (κ1) is 13.7. The molecule has 0 aliphatic rings. The second-order valence-corrected chi connectivity index (χ2v) is 5.12. The Kier molecular flexibility index (Phi) is 5.49. The highest BCUT2D eigenvalue weighted by Gasteiger charge is 2.11. The summed E-state index contributed by atoms with van der Waals surface area (Å²) >= 11 is 3.62. The van der Waals surface area contributed by atoms with Crippen molar-refractivity contribution in [1.82, 2.24) is 15.1 Å². The molecule has 0 aromatic carbocycles. The van der Waals surface area contributed by atoms with Gasteiger partial charge in [0, 0.05) is 13.6 Å². The van der Waals surface area contributed by atoms with Gasteiger partial charge in [-0.2, -0.15) is 5.10 Å². The largest absolute Gasteiger partial charge is 0.311 e. The molecule has 92 valence electrons. The molecule has 16 heavy (non-hydrogen) atoms. The smallest absolute Gasteiger partial charge is 0.0767 e. The maximum absolute atomic E-state index is 4.48. The van der Waals surface area contributed by atoms with Crippen molar-refractivity contribution in [2.24, 2.45) is 13.0 Å².